The van der Waals surface area contributed by atoms with Crippen LogP contribution in [0.3, 0.4) is 0 Å². The van der Waals surface area contributed by atoms with E-state index in [1.807, 2.05) is 19.1 Å². The summed E-state index contributed by atoms with van der Waals surface area (Å²) >= 11 is 0. The van der Waals surface area contributed by atoms with E-state index in [0.29, 0.717) is 5.92 Å². The fourth-order valence-electron chi connectivity index (χ4n) is 2.00. The maximum Gasteiger partial charge on any atom is 0.0945 e. The van der Waals surface area contributed by atoms with Crippen molar-refractivity contribution in [1.29, 1.82) is 0 Å². The van der Waals surface area contributed by atoms with Crippen LogP contribution in [-0.2, 0) is 0 Å². The minimum atomic E-state index is 0. The topological polar surface area (TPSA) is 51.8 Å². The molecule has 0 aliphatic heterocycles. The van der Waals surface area contributed by atoms with Crippen molar-refractivity contribution in [2.45, 2.75) is 25.7 Å². The van der Waals surface area contributed by atoms with Gasteiger partial charge in [0, 0.05) is 11.3 Å². The summed E-state index contributed by atoms with van der Waals surface area (Å²) in [6.07, 6.45) is 4.23. The van der Waals surface area contributed by atoms with Crippen LogP contribution >= 0.6 is 12.4 Å². The lowest BCUT2D eigenvalue weighted by Gasteiger charge is -2.07. The Bertz CT molecular complexity index is 530. The molecule has 0 saturated heterocycles. The third-order valence-electron chi connectivity index (χ3n) is 2.91. The molecular weight excluding hydrogens is 222 g/mol. The molecule has 0 bridgehead atoms. The SMILES string of the molecule is Cc1ccc2ncc(N)c(C3CC3)c2n1.Cl. The molecule has 2 N–H and O–H groups in total. The number of nitrogens with two attached hydrogens (primary N) is 1. The molecule has 0 unspecified atom stereocenters. The summed E-state index contributed by atoms with van der Waals surface area (Å²) in [6, 6.07) is 4.01. The Kier molecular flexibility index (Phi) is 2.72. The first-order valence-corrected chi connectivity index (χ1v) is 5.27. The van der Waals surface area contributed by atoms with Gasteiger partial charge in [-0.25, -0.2) is 0 Å². The second-order valence-electron chi connectivity index (χ2n) is 4.22. The highest BCUT2D eigenvalue weighted by atomic mass is 35.5. The predicted octanol–water partition coefficient (Wildman–Crippen LogP) is 2.82. The Morgan fingerprint density at radius 2 is 2.06 bits per heavy atom. The average molecular weight is 236 g/mol. The van der Waals surface area contributed by atoms with Crippen LogP contribution in [0.4, 0.5) is 5.69 Å². The normalized spacial score (nSPS) is 14.8. The van der Waals surface area contributed by atoms with Gasteiger partial charge >= 0.3 is 0 Å². The fraction of sp³-hybridized carbons (Fsp3) is 0.333. The summed E-state index contributed by atoms with van der Waals surface area (Å²) < 4.78 is 0. The average Bonchev–Trinajstić information content (AvgIpc) is 3.01. The molecule has 0 aromatic carbocycles. The van der Waals surface area contributed by atoms with Gasteiger partial charge in [0.05, 0.1) is 22.9 Å². The van der Waals surface area contributed by atoms with Gasteiger partial charge in [0.1, 0.15) is 0 Å². The number of hydrogen-bond acceptors (Lipinski definition) is 3. The first-order valence-electron chi connectivity index (χ1n) is 5.27. The molecular formula is C12H14ClN3. The van der Waals surface area contributed by atoms with Crippen LogP contribution in [0.5, 0.6) is 0 Å². The predicted molar refractivity (Wildman–Crippen MR) is 67.9 cm³/mol. The van der Waals surface area contributed by atoms with E-state index < -0.39 is 0 Å². The number of nitrogens with zero attached hydrogens (tertiary/aromatic N) is 2. The fourth-order valence-corrected chi connectivity index (χ4v) is 2.00. The van der Waals surface area contributed by atoms with E-state index in [-0.39, 0.29) is 12.4 Å². The highest BCUT2D eigenvalue weighted by molar-refractivity contribution is 5.85. The number of rotatable bonds is 1. The number of aromatic nitrogens is 2. The van der Waals surface area contributed by atoms with Gasteiger partial charge < -0.3 is 5.73 Å². The van der Waals surface area contributed by atoms with Gasteiger partial charge in [-0.05, 0) is 37.8 Å². The molecule has 2 aromatic heterocycles. The Labute approximate surface area is 100 Å². The number of aryl methyl sites for hydroxylation is 1. The standard InChI is InChI=1S/C12H13N3.ClH/c1-7-2-5-10-12(15-7)11(8-3-4-8)9(13)6-14-10;/h2,5-6,8H,3-4,13H2,1H3;1H. The maximum atomic E-state index is 5.98. The zero-order chi connectivity index (χ0) is 10.4. The molecule has 1 aliphatic carbocycles. The molecule has 0 atom stereocenters. The zero-order valence-corrected chi connectivity index (χ0v) is 9.92. The van der Waals surface area contributed by atoms with E-state index >= 15 is 0 Å². The Hall–Kier alpha value is -1.35. The summed E-state index contributed by atoms with van der Waals surface area (Å²) in [5.41, 5.74) is 11.0. The Balaban J connectivity index is 0.000000963. The van der Waals surface area contributed by atoms with Crippen molar-refractivity contribution in [1.82, 2.24) is 9.97 Å². The van der Waals surface area contributed by atoms with Gasteiger partial charge in [0.25, 0.3) is 0 Å². The lowest BCUT2D eigenvalue weighted by Crippen LogP contribution is -1.98. The van der Waals surface area contributed by atoms with Crippen LogP contribution in [0.25, 0.3) is 11.0 Å². The van der Waals surface area contributed by atoms with E-state index in [1.165, 1.54) is 18.4 Å². The van der Waals surface area contributed by atoms with Gasteiger partial charge in [0.15, 0.2) is 0 Å². The van der Waals surface area contributed by atoms with Crippen LogP contribution in [0.2, 0.25) is 0 Å². The number of pyridine rings is 2. The highest BCUT2D eigenvalue weighted by Gasteiger charge is 2.28. The molecule has 84 valence electrons. The number of hydrogen-bond donors (Lipinski definition) is 1. The third-order valence-corrected chi connectivity index (χ3v) is 2.91. The van der Waals surface area contributed by atoms with E-state index in [2.05, 4.69) is 9.97 Å². The lowest BCUT2D eigenvalue weighted by molar-refractivity contribution is 1.11. The molecule has 1 saturated carbocycles. The second kappa shape index (κ2) is 3.91. The molecule has 0 radical (unpaired) electrons. The third kappa shape index (κ3) is 1.71. The molecule has 1 fully saturated rings. The second-order valence-corrected chi connectivity index (χ2v) is 4.22. The summed E-state index contributed by atoms with van der Waals surface area (Å²) in [5, 5.41) is 0. The van der Waals surface area contributed by atoms with Gasteiger partial charge in [-0.15, -0.1) is 12.4 Å². The first-order chi connectivity index (χ1) is 7.25. The molecule has 16 heavy (non-hydrogen) atoms. The smallest absolute Gasteiger partial charge is 0.0945 e. The van der Waals surface area contributed by atoms with Gasteiger partial charge in [-0.2, -0.15) is 0 Å². The van der Waals surface area contributed by atoms with E-state index in [0.717, 1.165) is 22.4 Å². The summed E-state index contributed by atoms with van der Waals surface area (Å²) in [4.78, 5) is 8.86. The summed E-state index contributed by atoms with van der Waals surface area (Å²) in [5.74, 6) is 0.616. The number of fused-ring (bicyclic) bond motifs is 1. The molecule has 3 nitrogen and oxygen atoms in total. The van der Waals surface area contributed by atoms with Gasteiger partial charge in [-0.3, -0.25) is 9.97 Å². The van der Waals surface area contributed by atoms with Gasteiger partial charge in [0.2, 0.25) is 0 Å². The Morgan fingerprint density at radius 3 is 2.75 bits per heavy atom. The first kappa shape index (κ1) is 11.1. The summed E-state index contributed by atoms with van der Waals surface area (Å²) in [6.45, 7) is 2.00. The van der Waals surface area contributed by atoms with Crippen LogP contribution in [0.1, 0.15) is 30.0 Å². The lowest BCUT2D eigenvalue weighted by atomic mass is 10.1. The highest BCUT2D eigenvalue weighted by Crippen LogP contribution is 2.44. The molecule has 0 spiro atoms. The van der Waals surface area contributed by atoms with Crippen molar-refractivity contribution in [2.24, 2.45) is 0 Å². The minimum Gasteiger partial charge on any atom is -0.397 e. The van der Waals surface area contributed by atoms with Crippen LogP contribution in [0.15, 0.2) is 18.3 Å². The van der Waals surface area contributed by atoms with E-state index in [4.69, 9.17) is 5.73 Å². The van der Waals surface area contributed by atoms with Crippen molar-refractivity contribution in [3.63, 3.8) is 0 Å². The van der Waals surface area contributed by atoms with Crippen molar-refractivity contribution >= 4 is 29.1 Å². The molecule has 3 rings (SSSR count). The number of halogens is 1. The van der Waals surface area contributed by atoms with Crippen LogP contribution in [-0.4, -0.2) is 9.97 Å². The molecule has 1 aliphatic rings. The van der Waals surface area contributed by atoms with Crippen molar-refractivity contribution in [3.8, 4) is 0 Å². The molecule has 4 heteroatoms. The number of nitrogen functional groups attached to an aromatic ring is 1. The van der Waals surface area contributed by atoms with Crippen LogP contribution < -0.4 is 5.73 Å². The van der Waals surface area contributed by atoms with Crippen molar-refractivity contribution in [3.05, 3.63) is 29.6 Å². The Morgan fingerprint density at radius 1 is 1.31 bits per heavy atom. The van der Waals surface area contributed by atoms with Crippen molar-refractivity contribution < 1.29 is 0 Å². The molecule has 2 aromatic rings. The minimum absolute atomic E-state index is 0. The zero-order valence-electron chi connectivity index (χ0n) is 9.10. The maximum absolute atomic E-state index is 5.98. The van der Waals surface area contributed by atoms with Crippen LogP contribution in [0, 0.1) is 6.92 Å². The van der Waals surface area contributed by atoms with Crippen molar-refractivity contribution in [2.75, 3.05) is 5.73 Å². The van der Waals surface area contributed by atoms with E-state index in [9.17, 15) is 0 Å². The quantitative estimate of drug-likeness (QED) is 0.827. The van der Waals surface area contributed by atoms with E-state index in [1.54, 1.807) is 6.20 Å². The molecule has 2 heterocycles. The number of anilines is 1. The summed E-state index contributed by atoms with van der Waals surface area (Å²) in [7, 11) is 0. The van der Waals surface area contributed by atoms with Gasteiger partial charge in [-0.1, -0.05) is 0 Å². The largest absolute Gasteiger partial charge is 0.397 e. The monoisotopic (exact) mass is 235 g/mol. The molecule has 0 amide bonds.